The van der Waals surface area contributed by atoms with E-state index in [-0.39, 0.29) is 38.2 Å². The average Bonchev–Trinajstić information content (AvgIpc) is 3.03. The van der Waals surface area contributed by atoms with Crippen LogP contribution in [-0.4, -0.2) is 123 Å². The molecule has 43 heavy (non-hydrogen) atoms. The van der Waals surface area contributed by atoms with Crippen LogP contribution in [0.2, 0.25) is 0 Å². The molecule has 0 amide bonds. The van der Waals surface area contributed by atoms with Gasteiger partial charge in [0.15, 0.2) is 11.6 Å². The highest BCUT2D eigenvalue weighted by molar-refractivity contribution is 5.95. The van der Waals surface area contributed by atoms with Gasteiger partial charge in [-0.1, -0.05) is 12.1 Å². The van der Waals surface area contributed by atoms with E-state index in [1.807, 2.05) is 11.0 Å². The standard InChI is InChI=1S/C29H43FN8O5/c1-41-17-13-38(14-18-42-2)28-33-25-24(26(34-28)31-20-21-5-4-6-22(30)19-21)32-29(37(11-15-39)12-16-40)35-27(25)36-9-7-23(43-3)8-10-36/h4-6,19,23,39-40H,7-18,20H2,1-3H3,(H,31,33,34). The Labute approximate surface area is 251 Å². The molecule has 0 saturated carbocycles. The number of hydrogen-bond donors (Lipinski definition) is 3. The van der Waals surface area contributed by atoms with E-state index < -0.39 is 0 Å². The van der Waals surface area contributed by atoms with E-state index in [1.165, 1.54) is 12.1 Å². The number of fused-ring (bicyclic) bond motifs is 1. The number of aliphatic hydroxyl groups excluding tert-OH is 2. The van der Waals surface area contributed by atoms with Gasteiger partial charge in [-0.15, -0.1) is 0 Å². The minimum absolute atomic E-state index is 0.135. The maximum absolute atomic E-state index is 14.0. The van der Waals surface area contributed by atoms with Gasteiger partial charge in [-0.3, -0.25) is 0 Å². The van der Waals surface area contributed by atoms with Gasteiger partial charge in [-0.25, -0.2) is 14.4 Å². The number of aliphatic hydroxyl groups is 2. The van der Waals surface area contributed by atoms with E-state index >= 15 is 0 Å². The molecule has 1 aliphatic rings. The molecule has 4 rings (SSSR count). The second-order valence-corrected chi connectivity index (χ2v) is 10.2. The molecular weight excluding hydrogens is 559 g/mol. The average molecular weight is 603 g/mol. The number of ether oxygens (including phenoxy) is 3. The number of nitrogens with one attached hydrogen (secondary N) is 1. The number of halogens is 1. The van der Waals surface area contributed by atoms with Crippen LogP contribution < -0.4 is 20.0 Å². The SMILES string of the molecule is COCCN(CCOC)c1nc(NCc2cccc(F)c2)c2nc(N(CCO)CCO)nc(N3CCC(OC)CC3)c2n1. The summed E-state index contributed by atoms with van der Waals surface area (Å²) in [5.41, 5.74) is 1.77. The molecule has 2 aromatic heterocycles. The zero-order valence-corrected chi connectivity index (χ0v) is 25.2. The smallest absolute Gasteiger partial charge is 0.228 e. The summed E-state index contributed by atoms with van der Waals surface area (Å²) in [5.74, 6) is 1.56. The molecule has 1 aromatic carbocycles. The van der Waals surface area contributed by atoms with E-state index in [9.17, 15) is 14.6 Å². The lowest BCUT2D eigenvalue weighted by Crippen LogP contribution is -2.38. The highest BCUT2D eigenvalue weighted by Crippen LogP contribution is 2.33. The molecule has 3 N–H and O–H groups in total. The molecule has 13 nitrogen and oxygen atoms in total. The number of aromatic nitrogens is 4. The highest BCUT2D eigenvalue weighted by atomic mass is 19.1. The fourth-order valence-electron chi connectivity index (χ4n) is 5.01. The van der Waals surface area contributed by atoms with Crippen LogP contribution in [0.5, 0.6) is 0 Å². The molecule has 1 fully saturated rings. The van der Waals surface area contributed by atoms with Crippen LogP contribution in [-0.2, 0) is 20.8 Å². The number of nitrogens with zero attached hydrogens (tertiary/aromatic N) is 7. The Hall–Kier alpha value is -3.43. The van der Waals surface area contributed by atoms with Crippen molar-refractivity contribution < 1.29 is 28.8 Å². The molecule has 3 aromatic rings. The summed E-state index contributed by atoms with van der Waals surface area (Å²) in [6.45, 7) is 3.89. The van der Waals surface area contributed by atoms with Crippen molar-refractivity contribution in [3.8, 4) is 0 Å². The Morgan fingerprint density at radius 2 is 1.51 bits per heavy atom. The third-order valence-corrected chi connectivity index (χ3v) is 7.36. The zero-order valence-electron chi connectivity index (χ0n) is 25.2. The zero-order chi connectivity index (χ0) is 30.6. The van der Waals surface area contributed by atoms with E-state index in [2.05, 4.69) is 10.2 Å². The number of piperidine rings is 1. The number of rotatable bonds is 17. The second kappa shape index (κ2) is 16.4. The fraction of sp³-hybridized carbons (Fsp3) is 0.586. The maximum Gasteiger partial charge on any atom is 0.228 e. The molecule has 14 heteroatoms. The fourth-order valence-corrected chi connectivity index (χ4v) is 5.01. The van der Waals surface area contributed by atoms with E-state index in [1.54, 1.807) is 32.3 Å². The van der Waals surface area contributed by atoms with Gasteiger partial charge in [0.05, 0.1) is 32.5 Å². The minimum atomic E-state index is -0.326. The first-order valence-corrected chi connectivity index (χ1v) is 14.6. The molecule has 0 unspecified atom stereocenters. The molecular formula is C29H43FN8O5. The lowest BCUT2D eigenvalue weighted by molar-refractivity contribution is 0.0818. The van der Waals surface area contributed by atoms with Gasteiger partial charge in [-0.2, -0.15) is 9.97 Å². The molecule has 1 saturated heterocycles. The monoisotopic (exact) mass is 602 g/mol. The number of methoxy groups -OCH3 is 3. The van der Waals surface area contributed by atoms with E-state index in [0.717, 1.165) is 18.4 Å². The van der Waals surface area contributed by atoms with Crippen molar-refractivity contribution in [2.24, 2.45) is 0 Å². The van der Waals surface area contributed by atoms with Gasteiger partial charge in [-0.05, 0) is 30.5 Å². The number of hydrogen-bond acceptors (Lipinski definition) is 13. The Morgan fingerprint density at radius 1 is 0.884 bits per heavy atom. The Morgan fingerprint density at radius 3 is 2.12 bits per heavy atom. The quantitative estimate of drug-likeness (QED) is 0.206. The maximum atomic E-state index is 14.0. The summed E-state index contributed by atoms with van der Waals surface area (Å²) in [6, 6.07) is 6.37. The van der Waals surface area contributed by atoms with Crippen molar-refractivity contribution >= 4 is 34.6 Å². The van der Waals surface area contributed by atoms with Crippen LogP contribution in [0.4, 0.5) is 27.9 Å². The van der Waals surface area contributed by atoms with Crippen molar-refractivity contribution in [1.82, 2.24) is 19.9 Å². The summed E-state index contributed by atoms with van der Waals surface area (Å²) in [6.07, 6.45) is 1.81. The van der Waals surface area contributed by atoms with Crippen LogP contribution >= 0.6 is 0 Å². The predicted octanol–water partition coefficient (Wildman–Crippen LogP) is 1.68. The van der Waals surface area contributed by atoms with Crippen molar-refractivity contribution in [2.45, 2.75) is 25.5 Å². The van der Waals surface area contributed by atoms with Crippen LogP contribution in [0, 0.1) is 5.82 Å². The van der Waals surface area contributed by atoms with E-state index in [0.29, 0.717) is 80.5 Å². The third-order valence-electron chi connectivity index (χ3n) is 7.36. The van der Waals surface area contributed by atoms with Crippen LogP contribution in [0.3, 0.4) is 0 Å². The molecule has 0 atom stereocenters. The van der Waals surface area contributed by atoms with Gasteiger partial charge in [0.25, 0.3) is 0 Å². The molecule has 3 heterocycles. The molecule has 1 aliphatic heterocycles. The Balaban J connectivity index is 1.88. The van der Waals surface area contributed by atoms with E-state index in [4.69, 9.17) is 34.1 Å². The Kier molecular flexibility index (Phi) is 12.4. The summed E-state index contributed by atoms with van der Waals surface area (Å²) in [4.78, 5) is 25.6. The highest BCUT2D eigenvalue weighted by Gasteiger charge is 2.27. The first-order valence-electron chi connectivity index (χ1n) is 14.6. The van der Waals surface area contributed by atoms with Crippen LogP contribution in [0.1, 0.15) is 18.4 Å². The summed E-state index contributed by atoms with van der Waals surface area (Å²) >= 11 is 0. The van der Waals surface area contributed by atoms with Gasteiger partial charge in [0.2, 0.25) is 11.9 Å². The normalized spacial score (nSPS) is 14.0. The van der Waals surface area contributed by atoms with Gasteiger partial charge in [0.1, 0.15) is 16.9 Å². The molecule has 0 radical (unpaired) electrons. The van der Waals surface area contributed by atoms with Crippen molar-refractivity contribution in [1.29, 1.82) is 0 Å². The Bertz CT molecular complexity index is 1280. The molecule has 0 spiro atoms. The largest absolute Gasteiger partial charge is 0.395 e. The first-order chi connectivity index (χ1) is 21.0. The first kappa shape index (κ1) is 32.5. The van der Waals surface area contributed by atoms with Gasteiger partial charge in [0, 0.05) is 67.1 Å². The number of anilines is 4. The van der Waals surface area contributed by atoms with Crippen molar-refractivity contribution in [3.05, 3.63) is 35.6 Å². The second-order valence-electron chi connectivity index (χ2n) is 10.2. The van der Waals surface area contributed by atoms with Crippen molar-refractivity contribution in [2.75, 3.05) is 107 Å². The lowest BCUT2D eigenvalue weighted by Gasteiger charge is -2.33. The molecule has 0 aliphatic carbocycles. The van der Waals surface area contributed by atoms with Crippen LogP contribution in [0.25, 0.3) is 11.0 Å². The van der Waals surface area contributed by atoms with Gasteiger partial charge < -0.3 is 44.4 Å². The molecule has 236 valence electrons. The van der Waals surface area contributed by atoms with Crippen molar-refractivity contribution in [3.63, 3.8) is 0 Å². The topological polar surface area (TPSA) is 141 Å². The predicted molar refractivity (Wildman–Crippen MR) is 163 cm³/mol. The lowest BCUT2D eigenvalue weighted by atomic mass is 10.1. The number of benzene rings is 1. The van der Waals surface area contributed by atoms with Gasteiger partial charge >= 0.3 is 0 Å². The van der Waals surface area contributed by atoms with Crippen LogP contribution in [0.15, 0.2) is 24.3 Å². The molecule has 0 bridgehead atoms. The minimum Gasteiger partial charge on any atom is -0.395 e. The summed E-state index contributed by atoms with van der Waals surface area (Å²) in [7, 11) is 5.01. The summed E-state index contributed by atoms with van der Waals surface area (Å²) in [5, 5.41) is 22.8. The third kappa shape index (κ3) is 8.57. The summed E-state index contributed by atoms with van der Waals surface area (Å²) < 4.78 is 30.3.